The third kappa shape index (κ3) is 5.28. The van der Waals surface area contributed by atoms with Crippen LogP contribution in [0.3, 0.4) is 0 Å². The maximum absolute atomic E-state index is 12.8. The molecule has 0 aliphatic carbocycles. The smallest absolute Gasteiger partial charge is 0.405 e. The molecule has 0 saturated carbocycles. The zero-order valence-corrected chi connectivity index (χ0v) is 17.4. The van der Waals surface area contributed by atoms with E-state index in [4.69, 9.17) is 8.83 Å². The van der Waals surface area contributed by atoms with Crippen LogP contribution in [-0.2, 0) is 4.79 Å². The summed E-state index contributed by atoms with van der Waals surface area (Å²) in [6.45, 7) is -0.294. The van der Waals surface area contributed by atoms with E-state index in [9.17, 15) is 23.2 Å². The van der Waals surface area contributed by atoms with Crippen molar-refractivity contribution in [3.8, 4) is 17.7 Å². The van der Waals surface area contributed by atoms with Crippen LogP contribution >= 0.6 is 0 Å². The summed E-state index contributed by atoms with van der Waals surface area (Å²) >= 11 is 0. The van der Waals surface area contributed by atoms with Gasteiger partial charge in [0.25, 0.3) is 5.89 Å². The second kappa shape index (κ2) is 9.28. The number of benzene rings is 1. The molecule has 8 nitrogen and oxygen atoms in total. The number of piperidine rings is 1. The van der Waals surface area contributed by atoms with Crippen molar-refractivity contribution in [1.29, 1.82) is 5.26 Å². The van der Waals surface area contributed by atoms with Gasteiger partial charge in [0.2, 0.25) is 17.5 Å². The fourth-order valence-electron chi connectivity index (χ4n) is 3.63. The number of carbonyl (C=O) groups is 1. The van der Waals surface area contributed by atoms with Gasteiger partial charge in [-0.2, -0.15) is 23.4 Å². The summed E-state index contributed by atoms with van der Waals surface area (Å²) in [5.74, 6) is 0.323. The van der Waals surface area contributed by atoms with Crippen molar-refractivity contribution in [2.75, 3.05) is 35.2 Å². The molecule has 1 aromatic carbocycles. The van der Waals surface area contributed by atoms with Crippen LogP contribution in [0, 0.1) is 17.2 Å². The summed E-state index contributed by atoms with van der Waals surface area (Å²) in [6.07, 6.45) is -1.94. The maximum Gasteiger partial charge on any atom is 0.405 e. The minimum absolute atomic E-state index is 0.133. The van der Waals surface area contributed by atoms with Crippen molar-refractivity contribution in [3.05, 3.63) is 48.4 Å². The van der Waals surface area contributed by atoms with Crippen LogP contribution in [0.25, 0.3) is 11.7 Å². The number of halogens is 3. The van der Waals surface area contributed by atoms with Crippen molar-refractivity contribution in [3.63, 3.8) is 0 Å². The first-order chi connectivity index (χ1) is 15.8. The van der Waals surface area contributed by atoms with Crippen molar-refractivity contribution in [2.24, 2.45) is 5.92 Å². The predicted molar refractivity (Wildman–Crippen MR) is 113 cm³/mol. The summed E-state index contributed by atoms with van der Waals surface area (Å²) in [5.41, 5.74) is 0.625. The quantitative estimate of drug-likeness (QED) is 0.553. The van der Waals surface area contributed by atoms with E-state index in [1.807, 2.05) is 11.0 Å². The number of amides is 1. The van der Waals surface area contributed by atoms with Crippen molar-refractivity contribution in [1.82, 2.24) is 4.98 Å². The van der Waals surface area contributed by atoms with Gasteiger partial charge in [0.05, 0.1) is 17.6 Å². The highest BCUT2D eigenvalue weighted by atomic mass is 19.4. The average molecular weight is 459 g/mol. The number of oxazole rings is 1. The summed E-state index contributed by atoms with van der Waals surface area (Å²) < 4.78 is 48.7. The van der Waals surface area contributed by atoms with Gasteiger partial charge in [-0.25, -0.2) is 0 Å². The van der Waals surface area contributed by atoms with Crippen LogP contribution in [0.1, 0.15) is 18.5 Å². The number of carbonyl (C=O) groups excluding carboxylic acids is 1. The normalized spacial score (nSPS) is 14.7. The molecule has 0 bridgehead atoms. The molecule has 2 N–H and O–H groups in total. The first-order valence-corrected chi connectivity index (χ1v) is 10.2. The van der Waals surface area contributed by atoms with Crippen LogP contribution < -0.4 is 15.5 Å². The molecule has 0 radical (unpaired) electrons. The fraction of sp³-hybridized carbons (Fsp3) is 0.318. The largest absolute Gasteiger partial charge is 0.459 e. The van der Waals surface area contributed by atoms with Gasteiger partial charge in [0.15, 0.2) is 5.76 Å². The van der Waals surface area contributed by atoms with E-state index in [-0.39, 0.29) is 29.1 Å². The Morgan fingerprint density at radius 3 is 2.55 bits per heavy atom. The van der Waals surface area contributed by atoms with Crippen molar-refractivity contribution in [2.45, 2.75) is 19.0 Å². The molecule has 0 unspecified atom stereocenters. The predicted octanol–water partition coefficient (Wildman–Crippen LogP) is 4.64. The number of hydrogen-bond donors (Lipinski definition) is 2. The minimum Gasteiger partial charge on any atom is -0.459 e. The topological polar surface area (TPSA) is 107 Å². The molecular formula is C22H20F3N5O3. The Balaban J connectivity index is 1.38. The molecule has 1 saturated heterocycles. The molecule has 0 atom stereocenters. The van der Waals surface area contributed by atoms with Gasteiger partial charge in [-0.3, -0.25) is 4.79 Å². The summed E-state index contributed by atoms with van der Waals surface area (Å²) in [4.78, 5) is 18.8. The monoisotopic (exact) mass is 459 g/mol. The molecule has 0 spiro atoms. The van der Waals surface area contributed by atoms with Gasteiger partial charge < -0.3 is 24.4 Å². The maximum atomic E-state index is 12.8. The lowest BCUT2D eigenvalue weighted by Crippen LogP contribution is -2.38. The van der Waals surface area contributed by atoms with E-state index in [2.05, 4.69) is 15.6 Å². The average Bonchev–Trinajstić information content (AvgIpc) is 3.48. The second-order valence-electron chi connectivity index (χ2n) is 7.53. The number of aromatic nitrogens is 1. The number of anilines is 3. The van der Waals surface area contributed by atoms with Crippen LogP contribution in [0.2, 0.25) is 0 Å². The van der Waals surface area contributed by atoms with Crippen LogP contribution in [0.4, 0.5) is 30.4 Å². The van der Waals surface area contributed by atoms with Gasteiger partial charge in [-0.1, -0.05) is 12.1 Å². The highest BCUT2D eigenvalue weighted by molar-refractivity contribution is 5.95. The minimum atomic E-state index is -4.37. The highest BCUT2D eigenvalue weighted by Crippen LogP contribution is 2.32. The third-order valence-electron chi connectivity index (χ3n) is 5.26. The lowest BCUT2D eigenvalue weighted by molar-refractivity contribution is -0.120. The SMILES string of the molecule is N#Cc1nc(-c2ccco2)oc1N1CCC(C(=O)Nc2ccccc2NCC(F)(F)F)CC1. The molecule has 1 amide bonds. The molecule has 11 heteroatoms. The molecule has 1 aliphatic rings. The molecule has 1 aliphatic heterocycles. The van der Waals surface area contributed by atoms with Crippen LogP contribution in [-0.4, -0.2) is 36.7 Å². The van der Waals surface area contributed by atoms with E-state index in [1.54, 1.807) is 30.3 Å². The van der Waals surface area contributed by atoms with Gasteiger partial charge in [0.1, 0.15) is 12.6 Å². The molecule has 1 fully saturated rings. The Hall–Kier alpha value is -3.94. The molecular weight excluding hydrogens is 439 g/mol. The first kappa shape index (κ1) is 22.3. The van der Waals surface area contributed by atoms with Crippen LogP contribution in [0.15, 0.2) is 51.5 Å². The standard InChI is InChI=1S/C22H20F3N5O3/c23-22(24,25)13-27-15-4-1-2-5-16(15)28-19(31)14-7-9-30(10-8-14)21-17(12-26)29-20(33-21)18-6-3-11-32-18/h1-6,11,14,27H,7-10,13H2,(H,28,31). The summed E-state index contributed by atoms with van der Waals surface area (Å²) in [7, 11) is 0. The van der Waals surface area contributed by atoms with Gasteiger partial charge in [0, 0.05) is 19.0 Å². The van der Waals surface area contributed by atoms with Gasteiger partial charge >= 0.3 is 6.18 Å². The zero-order valence-electron chi connectivity index (χ0n) is 17.4. The second-order valence-corrected chi connectivity index (χ2v) is 7.53. The Kier molecular flexibility index (Phi) is 6.26. The van der Waals surface area contributed by atoms with E-state index >= 15 is 0 Å². The molecule has 4 rings (SSSR count). The third-order valence-corrected chi connectivity index (χ3v) is 5.26. The molecule has 2 aromatic heterocycles. The number of para-hydroxylation sites is 2. The van der Waals surface area contributed by atoms with Gasteiger partial charge in [-0.05, 0) is 37.1 Å². The van der Waals surface area contributed by atoms with E-state index in [1.165, 1.54) is 12.3 Å². The lowest BCUT2D eigenvalue weighted by Gasteiger charge is -2.31. The Morgan fingerprint density at radius 2 is 1.91 bits per heavy atom. The zero-order chi connectivity index (χ0) is 23.4. The Bertz CT molecular complexity index is 1140. The Labute approximate surface area is 187 Å². The number of nitrogens with zero attached hydrogens (tertiary/aromatic N) is 3. The highest BCUT2D eigenvalue weighted by Gasteiger charge is 2.30. The molecule has 3 aromatic rings. The van der Waals surface area contributed by atoms with Crippen LogP contribution in [0.5, 0.6) is 0 Å². The number of furan rings is 1. The lowest BCUT2D eigenvalue weighted by atomic mass is 9.95. The fourth-order valence-corrected chi connectivity index (χ4v) is 3.63. The van der Waals surface area contributed by atoms with Crippen molar-refractivity contribution < 1.29 is 26.8 Å². The number of nitriles is 1. The number of rotatable bonds is 6. The summed E-state index contributed by atoms with van der Waals surface area (Å²) in [5, 5.41) is 14.5. The number of hydrogen-bond acceptors (Lipinski definition) is 7. The number of alkyl halides is 3. The van der Waals surface area contributed by atoms with E-state index in [0.29, 0.717) is 43.3 Å². The number of nitrogens with one attached hydrogen (secondary N) is 2. The molecule has 33 heavy (non-hydrogen) atoms. The van der Waals surface area contributed by atoms with E-state index in [0.717, 1.165) is 0 Å². The van der Waals surface area contributed by atoms with Gasteiger partial charge in [-0.15, -0.1) is 0 Å². The van der Waals surface area contributed by atoms with Crippen molar-refractivity contribution >= 4 is 23.2 Å². The van der Waals surface area contributed by atoms with E-state index < -0.39 is 12.7 Å². The Morgan fingerprint density at radius 1 is 1.18 bits per heavy atom. The first-order valence-electron chi connectivity index (χ1n) is 10.2. The summed E-state index contributed by atoms with van der Waals surface area (Å²) in [6, 6.07) is 11.6. The molecule has 3 heterocycles. The molecule has 172 valence electrons.